The third-order valence-electron chi connectivity index (χ3n) is 5.49. The van der Waals surface area contributed by atoms with Gasteiger partial charge >= 0.3 is 0 Å². The Hall–Kier alpha value is -4.46. The highest BCUT2D eigenvalue weighted by Crippen LogP contribution is 2.36. The summed E-state index contributed by atoms with van der Waals surface area (Å²) in [5, 5.41) is 17.3. The van der Waals surface area contributed by atoms with Gasteiger partial charge in [-0.15, -0.1) is 0 Å². The second kappa shape index (κ2) is 9.42. The molecule has 0 fully saturated rings. The average Bonchev–Trinajstić information content (AvgIpc) is 3.40. The van der Waals surface area contributed by atoms with E-state index in [4.69, 9.17) is 11.6 Å². The highest BCUT2D eigenvalue weighted by molar-refractivity contribution is 6.36. The van der Waals surface area contributed by atoms with Crippen molar-refractivity contribution in [3.05, 3.63) is 94.7 Å². The zero-order chi connectivity index (χ0) is 24.4. The fourth-order valence-corrected chi connectivity index (χ4v) is 4.02. The molecule has 1 aliphatic rings. The molecule has 4 heterocycles. The van der Waals surface area contributed by atoms with Crippen LogP contribution in [0.15, 0.2) is 67.0 Å². The monoisotopic (exact) mass is 487 g/mol. The second-order valence-corrected chi connectivity index (χ2v) is 8.19. The van der Waals surface area contributed by atoms with E-state index in [0.29, 0.717) is 33.0 Å². The predicted octanol–water partition coefficient (Wildman–Crippen LogP) is 4.35. The Morgan fingerprint density at radius 2 is 2.03 bits per heavy atom. The predicted molar refractivity (Wildman–Crippen MR) is 132 cm³/mol. The highest BCUT2D eigenvalue weighted by Gasteiger charge is 2.21. The molecule has 5 rings (SSSR count). The standard InChI is InChI=1S/C24H19ClFN9/c1-13-20(26)7-17(11-29-13)33-22-15(8-27)10-30-24-18(22)5-16(6-19(24)25)32-23(21-12-31-35-34-21)14-3-2-4-28-9-14/h2-7,9-12,23,31-32,34-35H,1H3,(H,30,33)/t23-/m0/s1. The van der Waals surface area contributed by atoms with Crippen LogP contribution in [0, 0.1) is 24.1 Å². The zero-order valence-corrected chi connectivity index (χ0v) is 19.2. The number of aryl methyl sites for hydroxylation is 1. The molecule has 1 aliphatic heterocycles. The van der Waals surface area contributed by atoms with Crippen LogP contribution in [-0.2, 0) is 0 Å². The number of nitriles is 1. The zero-order valence-electron chi connectivity index (χ0n) is 18.4. The van der Waals surface area contributed by atoms with Crippen molar-refractivity contribution in [3.8, 4) is 6.07 Å². The number of hydrogen-bond acceptors (Lipinski definition) is 9. The number of hydrazine groups is 2. The summed E-state index contributed by atoms with van der Waals surface area (Å²) in [7, 11) is 0. The number of pyridine rings is 3. The molecular formula is C24H19ClFN9. The molecule has 0 saturated carbocycles. The molecule has 174 valence electrons. The maximum Gasteiger partial charge on any atom is 0.146 e. The molecule has 0 spiro atoms. The first kappa shape index (κ1) is 22.3. The van der Waals surface area contributed by atoms with Crippen molar-refractivity contribution in [2.24, 2.45) is 0 Å². The highest BCUT2D eigenvalue weighted by atomic mass is 35.5. The molecule has 5 N–H and O–H groups in total. The van der Waals surface area contributed by atoms with E-state index in [-0.39, 0.29) is 17.3 Å². The molecule has 4 aromatic rings. The van der Waals surface area contributed by atoms with Gasteiger partial charge in [-0.25, -0.2) is 4.39 Å². The van der Waals surface area contributed by atoms with Crippen LogP contribution in [0.1, 0.15) is 22.9 Å². The van der Waals surface area contributed by atoms with Crippen molar-refractivity contribution >= 4 is 39.6 Å². The van der Waals surface area contributed by atoms with E-state index in [2.05, 4.69) is 48.0 Å². The lowest BCUT2D eigenvalue weighted by Gasteiger charge is -2.22. The van der Waals surface area contributed by atoms with Crippen molar-refractivity contribution in [1.29, 1.82) is 5.26 Å². The van der Waals surface area contributed by atoms with Crippen molar-refractivity contribution in [2.45, 2.75) is 13.0 Å². The Kier molecular flexibility index (Phi) is 6.01. The van der Waals surface area contributed by atoms with Crippen LogP contribution in [0.25, 0.3) is 10.9 Å². The largest absolute Gasteiger partial charge is 0.373 e. The Balaban J connectivity index is 1.60. The first-order valence-corrected chi connectivity index (χ1v) is 11.0. The van der Waals surface area contributed by atoms with Gasteiger partial charge in [0.05, 0.1) is 51.1 Å². The van der Waals surface area contributed by atoms with Crippen molar-refractivity contribution in [2.75, 3.05) is 10.6 Å². The lowest BCUT2D eigenvalue weighted by atomic mass is 10.0. The molecule has 11 heteroatoms. The third-order valence-corrected chi connectivity index (χ3v) is 5.77. The second-order valence-electron chi connectivity index (χ2n) is 7.79. The SMILES string of the molecule is Cc1ncc(Nc2c(C#N)cnc3c(Cl)cc(N[C@H](C4=CNNN4)c4cccnc4)cc23)cc1F. The number of nitrogens with zero attached hydrogens (tertiary/aromatic N) is 4. The van der Waals surface area contributed by atoms with Crippen LogP contribution in [0.5, 0.6) is 0 Å². The number of nitrogens with one attached hydrogen (secondary N) is 5. The van der Waals surface area contributed by atoms with Gasteiger partial charge in [0, 0.05) is 41.9 Å². The van der Waals surface area contributed by atoms with Crippen LogP contribution in [-0.4, -0.2) is 15.0 Å². The van der Waals surface area contributed by atoms with E-state index in [1.165, 1.54) is 18.5 Å². The lowest BCUT2D eigenvalue weighted by molar-refractivity contribution is 0.583. The van der Waals surface area contributed by atoms with Crippen molar-refractivity contribution in [3.63, 3.8) is 0 Å². The van der Waals surface area contributed by atoms with Gasteiger partial charge in [-0.05, 0) is 30.7 Å². The molecule has 0 amide bonds. The van der Waals surface area contributed by atoms with Crippen LogP contribution >= 0.6 is 11.6 Å². The van der Waals surface area contributed by atoms with E-state index in [0.717, 1.165) is 11.3 Å². The van der Waals surface area contributed by atoms with Crippen LogP contribution in [0.3, 0.4) is 0 Å². The summed E-state index contributed by atoms with van der Waals surface area (Å²) < 4.78 is 14.1. The van der Waals surface area contributed by atoms with Crippen LogP contribution in [0.2, 0.25) is 5.02 Å². The van der Waals surface area contributed by atoms with E-state index in [1.807, 2.05) is 18.2 Å². The third kappa shape index (κ3) is 4.50. The van der Waals surface area contributed by atoms with Gasteiger partial charge in [-0.3, -0.25) is 15.0 Å². The number of rotatable bonds is 6. The van der Waals surface area contributed by atoms with E-state index < -0.39 is 5.82 Å². The maximum absolute atomic E-state index is 14.1. The smallest absolute Gasteiger partial charge is 0.146 e. The van der Waals surface area contributed by atoms with Crippen molar-refractivity contribution in [1.82, 2.24) is 31.3 Å². The summed E-state index contributed by atoms with van der Waals surface area (Å²) in [6, 6.07) is 10.6. The molecule has 0 unspecified atom stereocenters. The van der Waals surface area contributed by atoms with Gasteiger partial charge in [0.25, 0.3) is 0 Å². The Labute approximate surface area is 205 Å². The molecule has 0 radical (unpaired) electrons. The summed E-state index contributed by atoms with van der Waals surface area (Å²) in [6.45, 7) is 1.58. The minimum atomic E-state index is -0.453. The Morgan fingerprint density at radius 3 is 2.74 bits per heavy atom. The maximum atomic E-state index is 14.1. The van der Waals surface area contributed by atoms with Crippen molar-refractivity contribution < 1.29 is 4.39 Å². The van der Waals surface area contributed by atoms with Gasteiger partial charge < -0.3 is 21.5 Å². The minimum absolute atomic E-state index is 0.282. The van der Waals surface area contributed by atoms with Crippen LogP contribution in [0.4, 0.5) is 21.5 Å². The molecule has 1 aromatic carbocycles. The van der Waals surface area contributed by atoms with Gasteiger partial charge in [0.15, 0.2) is 0 Å². The van der Waals surface area contributed by atoms with Crippen LogP contribution < -0.4 is 27.0 Å². The molecule has 0 aliphatic carbocycles. The molecule has 3 aromatic heterocycles. The number of benzene rings is 1. The summed E-state index contributed by atoms with van der Waals surface area (Å²) in [5.41, 5.74) is 13.1. The summed E-state index contributed by atoms with van der Waals surface area (Å²) in [6.07, 6.45) is 8.21. The van der Waals surface area contributed by atoms with Gasteiger partial charge in [0.1, 0.15) is 11.9 Å². The Morgan fingerprint density at radius 1 is 1.14 bits per heavy atom. The van der Waals surface area contributed by atoms with Gasteiger partial charge in [0.2, 0.25) is 0 Å². The first-order chi connectivity index (χ1) is 17.0. The minimum Gasteiger partial charge on any atom is -0.373 e. The van der Waals surface area contributed by atoms with Gasteiger partial charge in [-0.1, -0.05) is 17.7 Å². The quantitative estimate of drug-likeness (QED) is 0.270. The first-order valence-electron chi connectivity index (χ1n) is 10.6. The van der Waals surface area contributed by atoms with E-state index in [9.17, 15) is 9.65 Å². The Bertz CT molecular complexity index is 1480. The summed E-state index contributed by atoms with van der Waals surface area (Å²) in [4.78, 5) is 12.7. The molecular weight excluding hydrogens is 469 g/mol. The number of aromatic nitrogens is 3. The number of anilines is 3. The number of hydrogen-bond donors (Lipinski definition) is 5. The number of halogens is 2. The van der Waals surface area contributed by atoms with E-state index >= 15 is 0 Å². The summed E-state index contributed by atoms with van der Waals surface area (Å²) in [5.74, 6) is -0.453. The van der Waals surface area contributed by atoms with Gasteiger partial charge in [-0.2, -0.15) is 10.8 Å². The summed E-state index contributed by atoms with van der Waals surface area (Å²) >= 11 is 6.62. The fraction of sp³-hybridized carbons (Fsp3) is 0.0833. The molecule has 35 heavy (non-hydrogen) atoms. The molecule has 1 atom stereocenters. The average molecular weight is 488 g/mol. The molecule has 0 bridgehead atoms. The number of fused-ring (bicyclic) bond motifs is 1. The topological polar surface area (TPSA) is 123 Å². The lowest BCUT2D eigenvalue weighted by Crippen LogP contribution is -2.33. The normalized spacial score (nSPS) is 13.4. The van der Waals surface area contributed by atoms with E-state index in [1.54, 1.807) is 31.6 Å². The fourth-order valence-electron chi connectivity index (χ4n) is 3.75. The molecule has 9 nitrogen and oxygen atoms in total. The molecule has 0 saturated heterocycles.